The van der Waals surface area contributed by atoms with Gasteiger partial charge in [-0.05, 0) is 74.5 Å². The second-order valence-corrected chi connectivity index (χ2v) is 11.2. The molecule has 1 heterocycles. The fraction of sp³-hybridized carbons (Fsp3) is 0.900. The fourth-order valence-electron chi connectivity index (χ4n) is 6.39. The average Bonchev–Trinajstić information content (AvgIpc) is 2.50. The van der Waals surface area contributed by atoms with Gasteiger partial charge >= 0.3 is 5.97 Å². The average molecular weight is 412 g/mol. The van der Waals surface area contributed by atoms with Crippen molar-refractivity contribution < 1.29 is 14.3 Å². The number of piperidine rings is 1. The van der Waals surface area contributed by atoms with Crippen LogP contribution in [0, 0.1) is 23.2 Å². The van der Waals surface area contributed by atoms with Gasteiger partial charge < -0.3 is 9.64 Å². The largest absolute Gasteiger partial charge is 0.456 e. The summed E-state index contributed by atoms with van der Waals surface area (Å²) in [5.74, 6) is 2.04. The third-order valence-corrected chi connectivity index (χ3v) is 8.05. The van der Waals surface area contributed by atoms with E-state index in [4.69, 9.17) is 4.74 Å². The topological polar surface area (TPSA) is 46.6 Å². The van der Waals surface area contributed by atoms with Crippen molar-refractivity contribution in [2.75, 3.05) is 19.7 Å². The summed E-state index contributed by atoms with van der Waals surface area (Å²) in [5, 5.41) is 0. The summed E-state index contributed by atoms with van der Waals surface area (Å²) >= 11 is 3.99. The molecule has 1 amide bonds. The van der Waals surface area contributed by atoms with Gasteiger partial charge in [0, 0.05) is 17.4 Å². The number of likely N-dealkylation sites (tertiary alicyclic amines) is 1. The second-order valence-electron chi connectivity index (χ2n) is 9.51. The van der Waals surface area contributed by atoms with Crippen LogP contribution in [0.5, 0.6) is 0 Å². The number of alkyl halides is 1. The van der Waals surface area contributed by atoms with E-state index in [1.165, 1.54) is 32.1 Å². The van der Waals surface area contributed by atoms with Crippen LogP contribution >= 0.6 is 15.9 Å². The Morgan fingerprint density at radius 3 is 2.36 bits per heavy atom. The maximum absolute atomic E-state index is 12.5. The zero-order valence-electron chi connectivity index (χ0n) is 15.3. The van der Waals surface area contributed by atoms with Crippen molar-refractivity contribution in [2.45, 2.75) is 69.0 Å². The molecule has 0 N–H and O–H groups in total. The Morgan fingerprint density at radius 1 is 1.12 bits per heavy atom. The molecule has 4 saturated carbocycles. The molecule has 140 valence electrons. The standard InChI is InChI=1S/C20H30BrNO3/c1-14-2-4-22(5-3-14)17(23)12-25-18(24)11-19-7-15-6-16(8-19)10-20(21,9-15)13-19/h14-16H,2-13H2,1H3. The first-order valence-corrected chi connectivity index (χ1v) is 10.8. The van der Waals surface area contributed by atoms with Gasteiger partial charge in [-0.3, -0.25) is 9.59 Å². The highest BCUT2D eigenvalue weighted by molar-refractivity contribution is 9.10. The van der Waals surface area contributed by atoms with Crippen LogP contribution in [0.25, 0.3) is 0 Å². The van der Waals surface area contributed by atoms with Crippen LogP contribution in [-0.4, -0.2) is 40.8 Å². The maximum atomic E-state index is 12.5. The predicted octanol–water partition coefficient (Wildman–Crippen LogP) is 3.91. The van der Waals surface area contributed by atoms with Gasteiger partial charge in [0.15, 0.2) is 6.61 Å². The Kier molecular flexibility index (Phi) is 4.66. The van der Waals surface area contributed by atoms with Crippen molar-refractivity contribution in [3.05, 3.63) is 0 Å². The van der Waals surface area contributed by atoms with Crippen molar-refractivity contribution in [3.63, 3.8) is 0 Å². The second kappa shape index (κ2) is 6.54. The summed E-state index contributed by atoms with van der Waals surface area (Å²) in [4.78, 5) is 26.6. The van der Waals surface area contributed by atoms with Crippen LogP contribution in [0.15, 0.2) is 0 Å². The van der Waals surface area contributed by atoms with E-state index in [0.717, 1.165) is 44.2 Å². The highest BCUT2D eigenvalue weighted by atomic mass is 79.9. The quantitative estimate of drug-likeness (QED) is 0.520. The number of hydrogen-bond donors (Lipinski definition) is 0. The number of ether oxygens (including phenoxy) is 1. The summed E-state index contributed by atoms with van der Waals surface area (Å²) in [7, 11) is 0. The predicted molar refractivity (Wildman–Crippen MR) is 99.3 cm³/mol. The molecule has 2 atom stereocenters. The molecular formula is C20H30BrNO3. The molecule has 5 heteroatoms. The minimum atomic E-state index is -0.170. The van der Waals surface area contributed by atoms with Gasteiger partial charge in [-0.2, -0.15) is 0 Å². The SMILES string of the molecule is CC1CCN(C(=O)COC(=O)CC23CC4CC(CC(Br)(C4)C2)C3)CC1. The molecule has 25 heavy (non-hydrogen) atoms. The molecular weight excluding hydrogens is 382 g/mol. The molecule has 1 aliphatic heterocycles. The molecule has 0 radical (unpaired) electrons. The highest BCUT2D eigenvalue weighted by Crippen LogP contribution is 2.65. The lowest BCUT2D eigenvalue weighted by molar-refractivity contribution is -0.157. The van der Waals surface area contributed by atoms with Crippen LogP contribution < -0.4 is 0 Å². The molecule has 0 aromatic heterocycles. The number of hydrogen-bond acceptors (Lipinski definition) is 3. The maximum Gasteiger partial charge on any atom is 0.306 e. The third kappa shape index (κ3) is 3.77. The lowest BCUT2D eigenvalue weighted by Gasteiger charge is -2.60. The highest BCUT2D eigenvalue weighted by Gasteiger charge is 2.57. The Balaban J connectivity index is 1.29. The number of carbonyl (C=O) groups excluding carboxylic acids is 2. The molecule has 0 aromatic rings. The van der Waals surface area contributed by atoms with E-state index in [0.29, 0.717) is 12.3 Å². The number of halogens is 1. The number of amides is 1. The van der Waals surface area contributed by atoms with Gasteiger partial charge in [0.1, 0.15) is 0 Å². The molecule has 0 spiro atoms. The minimum Gasteiger partial charge on any atom is -0.456 e. The van der Waals surface area contributed by atoms with Crippen LogP contribution in [0.4, 0.5) is 0 Å². The van der Waals surface area contributed by atoms with E-state index < -0.39 is 0 Å². The van der Waals surface area contributed by atoms with E-state index in [1.54, 1.807) is 0 Å². The molecule has 4 nitrogen and oxygen atoms in total. The lowest BCUT2D eigenvalue weighted by atomic mass is 9.49. The Labute approximate surface area is 159 Å². The third-order valence-electron chi connectivity index (χ3n) is 7.12. The van der Waals surface area contributed by atoms with Crippen LogP contribution in [0.2, 0.25) is 0 Å². The van der Waals surface area contributed by atoms with E-state index >= 15 is 0 Å². The normalized spacial score (nSPS) is 40.3. The lowest BCUT2D eigenvalue weighted by Crippen LogP contribution is -2.53. The van der Waals surface area contributed by atoms with Crippen LogP contribution in [-0.2, 0) is 14.3 Å². The molecule has 2 unspecified atom stereocenters. The smallest absolute Gasteiger partial charge is 0.306 e. The van der Waals surface area contributed by atoms with Gasteiger partial charge in [-0.1, -0.05) is 22.9 Å². The molecule has 4 bridgehead atoms. The Hall–Kier alpha value is -0.580. The molecule has 5 aliphatic rings. The van der Waals surface area contributed by atoms with Crippen LogP contribution in [0.3, 0.4) is 0 Å². The van der Waals surface area contributed by atoms with E-state index in [2.05, 4.69) is 22.9 Å². The summed E-state index contributed by atoms with van der Waals surface area (Å²) in [6, 6.07) is 0. The van der Waals surface area contributed by atoms with Gasteiger partial charge in [-0.15, -0.1) is 0 Å². The number of carbonyl (C=O) groups is 2. The molecule has 5 fully saturated rings. The Bertz CT molecular complexity index is 541. The zero-order chi connectivity index (χ0) is 17.7. The van der Waals surface area contributed by atoms with Crippen molar-refractivity contribution in [2.24, 2.45) is 23.2 Å². The van der Waals surface area contributed by atoms with Gasteiger partial charge in [0.2, 0.25) is 0 Å². The summed E-state index contributed by atoms with van der Waals surface area (Å²) in [6.07, 6.45) is 9.93. The van der Waals surface area contributed by atoms with Crippen molar-refractivity contribution in [1.82, 2.24) is 4.90 Å². The molecule has 0 aromatic carbocycles. The van der Waals surface area contributed by atoms with Crippen LogP contribution in [0.1, 0.15) is 64.7 Å². The molecule has 4 aliphatic carbocycles. The fourth-order valence-corrected chi connectivity index (χ4v) is 7.90. The van der Waals surface area contributed by atoms with Gasteiger partial charge in [0.05, 0.1) is 6.42 Å². The summed E-state index contributed by atoms with van der Waals surface area (Å²) in [6.45, 7) is 3.76. The minimum absolute atomic E-state index is 0.0253. The van der Waals surface area contributed by atoms with Gasteiger partial charge in [0.25, 0.3) is 5.91 Å². The molecule has 1 saturated heterocycles. The molecule has 5 rings (SSSR count). The van der Waals surface area contributed by atoms with Crippen molar-refractivity contribution in [1.29, 1.82) is 0 Å². The van der Waals surface area contributed by atoms with Crippen molar-refractivity contribution >= 4 is 27.8 Å². The number of esters is 1. The first-order valence-electron chi connectivity index (χ1n) is 9.97. The van der Waals surface area contributed by atoms with E-state index in [9.17, 15) is 9.59 Å². The summed E-state index contributed by atoms with van der Waals surface area (Å²) < 4.78 is 5.67. The van der Waals surface area contributed by atoms with Crippen molar-refractivity contribution in [3.8, 4) is 0 Å². The summed E-state index contributed by atoms with van der Waals surface area (Å²) in [5.41, 5.74) is 0.119. The number of nitrogens with zero attached hydrogens (tertiary/aromatic N) is 1. The Morgan fingerprint density at radius 2 is 1.76 bits per heavy atom. The number of rotatable bonds is 4. The zero-order valence-corrected chi connectivity index (χ0v) is 16.9. The first-order chi connectivity index (χ1) is 11.8. The van der Waals surface area contributed by atoms with Gasteiger partial charge in [-0.25, -0.2) is 0 Å². The monoisotopic (exact) mass is 411 g/mol. The van der Waals surface area contributed by atoms with E-state index in [1.807, 2.05) is 4.90 Å². The van der Waals surface area contributed by atoms with E-state index in [-0.39, 0.29) is 28.2 Å². The first kappa shape index (κ1) is 17.8.